The van der Waals surface area contributed by atoms with Gasteiger partial charge in [0.25, 0.3) is 0 Å². The van der Waals surface area contributed by atoms with Crippen LogP contribution in [0.1, 0.15) is 22.7 Å². The SMILES string of the molecule is N#Cc1ccc(C2CN(Cc3ccc(F)c(F)c3)CCN2c2ccc(Cl)cc2Cl)cc1. The second-order valence-corrected chi connectivity index (χ2v) is 8.37. The van der Waals surface area contributed by atoms with Gasteiger partial charge in [-0.05, 0) is 53.6 Å². The van der Waals surface area contributed by atoms with Crippen LogP contribution in [0, 0.1) is 23.0 Å². The smallest absolute Gasteiger partial charge is 0.159 e. The van der Waals surface area contributed by atoms with Crippen molar-refractivity contribution >= 4 is 28.9 Å². The molecule has 7 heteroatoms. The third kappa shape index (κ3) is 4.83. The lowest BCUT2D eigenvalue weighted by atomic mass is 9.99. The average molecular weight is 458 g/mol. The molecule has 1 aliphatic rings. The zero-order valence-corrected chi connectivity index (χ0v) is 18.0. The van der Waals surface area contributed by atoms with Gasteiger partial charge in [-0.25, -0.2) is 8.78 Å². The van der Waals surface area contributed by atoms with Gasteiger partial charge in [-0.15, -0.1) is 0 Å². The summed E-state index contributed by atoms with van der Waals surface area (Å²) in [7, 11) is 0. The van der Waals surface area contributed by atoms with Crippen LogP contribution in [-0.2, 0) is 6.54 Å². The van der Waals surface area contributed by atoms with E-state index in [1.54, 1.807) is 24.3 Å². The first-order valence-corrected chi connectivity index (χ1v) is 10.6. The van der Waals surface area contributed by atoms with E-state index >= 15 is 0 Å². The molecule has 31 heavy (non-hydrogen) atoms. The van der Waals surface area contributed by atoms with Crippen LogP contribution in [0.2, 0.25) is 10.0 Å². The van der Waals surface area contributed by atoms with Crippen molar-refractivity contribution in [3.8, 4) is 6.07 Å². The second kappa shape index (κ2) is 9.23. The fourth-order valence-electron chi connectivity index (χ4n) is 3.95. The summed E-state index contributed by atoms with van der Waals surface area (Å²) < 4.78 is 26.9. The predicted octanol–water partition coefficient (Wildman–Crippen LogP) is 6.21. The summed E-state index contributed by atoms with van der Waals surface area (Å²) in [6.07, 6.45) is 0. The molecule has 0 amide bonds. The van der Waals surface area contributed by atoms with Crippen LogP contribution in [0.4, 0.5) is 14.5 Å². The molecule has 1 atom stereocenters. The zero-order valence-electron chi connectivity index (χ0n) is 16.5. The molecule has 1 fully saturated rings. The van der Waals surface area contributed by atoms with Gasteiger partial charge in [-0.2, -0.15) is 5.26 Å². The van der Waals surface area contributed by atoms with Crippen LogP contribution < -0.4 is 4.90 Å². The van der Waals surface area contributed by atoms with Crippen molar-refractivity contribution in [2.75, 3.05) is 24.5 Å². The minimum absolute atomic E-state index is 0.0366. The number of hydrogen-bond donors (Lipinski definition) is 0. The second-order valence-electron chi connectivity index (χ2n) is 7.52. The summed E-state index contributed by atoms with van der Waals surface area (Å²) in [5.74, 6) is -1.69. The van der Waals surface area contributed by atoms with Crippen LogP contribution >= 0.6 is 23.2 Å². The van der Waals surface area contributed by atoms with Gasteiger partial charge in [0.05, 0.1) is 28.4 Å². The van der Waals surface area contributed by atoms with Crippen LogP contribution in [0.3, 0.4) is 0 Å². The molecule has 0 bridgehead atoms. The van der Waals surface area contributed by atoms with Gasteiger partial charge in [-0.1, -0.05) is 41.4 Å². The minimum Gasteiger partial charge on any atom is -0.361 e. The Hall–Kier alpha value is -2.65. The summed E-state index contributed by atoms with van der Waals surface area (Å²) in [5, 5.41) is 10.3. The first-order valence-electron chi connectivity index (χ1n) is 9.82. The summed E-state index contributed by atoms with van der Waals surface area (Å²) in [6, 6.07) is 19.0. The summed E-state index contributed by atoms with van der Waals surface area (Å²) in [4.78, 5) is 4.43. The topological polar surface area (TPSA) is 30.3 Å². The number of hydrogen-bond acceptors (Lipinski definition) is 3. The summed E-state index contributed by atoms with van der Waals surface area (Å²) >= 11 is 12.6. The third-order valence-electron chi connectivity index (χ3n) is 5.50. The quantitative estimate of drug-likeness (QED) is 0.466. The molecule has 0 aliphatic carbocycles. The monoisotopic (exact) mass is 457 g/mol. The summed E-state index contributed by atoms with van der Waals surface area (Å²) in [6.45, 7) is 2.58. The molecule has 1 saturated heterocycles. The highest BCUT2D eigenvalue weighted by Gasteiger charge is 2.30. The molecule has 3 aromatic rings. The number of piperazine rings is 1. The van der Waals surface area contributed by atoms with Crippen LogP contribution in [-0.4, -0.2) is 24.5 Å². The van der Waals surface area contributed by atoms with Gasteiger partial charge < -0.3 is 4.90 Å². The van der Waals surface area contributed by atoms with E-state index in [-0.39, 0.29) is 6.04 Å². The molecule has 0 saturated carbocycles. The average Bonchev–Trinajstić information content (AvgIpc) is 2.77. The van der Waals surface area contributed by atoms with Crippen molar-refractivity contribution in [2.24, 2.45) is 0 Å². The van der Waals surface area contributed by atoms with E-state index in [2.05, 4.69) is 15.9 Å². The Morgan fingerprint density at radius 2 is 1.71 bits per heavy atom. The molecule has 4 rings (SSSR count). The Labute approximate surface area is 190 Å². The molecule has 1 aliphatic heterocycles. The number of halogens is 4. The maximum absolute atomic E-state index is 13.7. The number of nitriles is 1. The normalized spacial score (nSPS) is 16.9. The van der Waals surface area contributed by atoms with Crippen molar-refractivity contribution in [2.45, 2.75) is 12.6 Å². The van der Waals surface area contributed by atoms with Crippen molar-refractivity contribution in [3.05, 3.63) is 99.0 Å². The van der Waals surface area contributed by atoms with Gasteiger partial charge in [0, 0.05) is 31.2 Å². The van der Waals surface area contributed by atoms with Gasteiger partial charge in [0.15, 0.2) is 11.6 Å². The fourth-order valence-corrected chi connectivity index (χ4v) is 4.46. The van der Waals surface area contributed by atoms with Crippen molar-refractivity contribution in [3.63, 3.8) is 0 Å². The zero-order chi connectivity index (χ0) is 22.0. The number of anilines is 1. The van der Waals surface area contributed by atoms with Crippen molar-refractivity contribution < 1.29 is 8.78 Å². The first-order chi connectivity index (χ1) is 14.9. The lowest BCUT2D eigenvalue weighted by Gasteiger charge is -2.43. The van der Waals surface area contributed by atoms with Gasteiger partial charge in [0.2, 0.25) is 0 Å². The van der Waals surface area contributed by atoms with Gasteiger partial charge in [-0.3, -0.25) is 4.90 Å². The predicted molar refractivity (Wildman–Crippen MR) is 119 cm³/mol. The number of nitrogens with zero attached hydrogens (tertiary/aromatic N) is 3. The van der Waals surface area contributed by atoms with E-state index < -0.39 is 11.6 Å². The van der Waals surface area contributed by atoms with Gasteiger partial charge >= 0.3 is 0 Å². The Balaban J connectivity index is 1.63. The highest BCUT2D eigenvalue weighted by molar-refractivity contribution is 6.36. The van der Waals surface area contributed by atoms with E-state index in [1.165, 1.54) is 6.07 Å². The fraction of sp³-hybridized carbons (Fsp3) is 0.208. The maximum atomic E-state index is 13.7. The Bertz CT molecular complexity index is 1130. The largest absolute Gasteiger partial charge is 0.361 e. The highest BCUT2D eigenvalue weighted by atomic mass is 35.5. The minimum atomic E-state index is -0.846. The Morgan fingerprint density at radius 3 is 2.39 bits per heavy atom. The molecule has 158 valence electrons. The first kappa shape index (κ1) is 21.6. The standard InChI is InChI=1S/C24H19Cl2F2N3/c25-19-6-8-23(20(26)12-19)31-10-9-30(14-17-3-7-21(27)22(28)11-17)15-24(31)18-4-1-16(13-29)2-5-18/h1-8,11-12,24H,9-10,14-15H2. The van der Waals surface area contributed by atoms with Gasteiger partial charge in [0.1, 0.15) is 0 Å². The molecule has 0 radical (unpaired) electrons. The molecule has 1 unspecified atom stereocenters. The molecule has 3 aromatic carbocycles. The highest BCUT2D eigenvalue weighted by Crippen LogP contribution is 2.37. The molecule has 0 N–H and O–H groups in total. The van der Waals surface area contributed by atoms with E-state index in [0.717, 1.165) is 29.4 Å². The third-order valence-corrected chi connectivity index (χ3v) is 6.04. The van der Waals surface area contributed by atoms with Crippen LogP contribution in [0.15, 0.2) is 60.7 Å². The van der Waals surface area contributed by atoms with Crippen molar-refractivity contribution in [1.29, 1.82) is 5.26 Å². The summed E-state index contributed by atoms with van der Waals surface area (Å²) in [5.41, 5.74) is 3.23. The number of benzene rings is 3. The lowest BCUT2D eigenvalue weighted by Crippen LogP contribution is -2.48. The van der Waals surface area contributed by atoms with Crippen LogP contribution in [0.5, 0.6) is 0 Å². The van der Waals surface area contributed by atoms with Crippen LogP contribution in [0.25, 0.3) is 0 Å². The van der Waals surface area contributed by atoms with E-state index in [0.29, 0.717) is 35.2 Å². The molecule has 0 spiro atoms. The molecule has 1 heterocycles. The Kier molecular flexibility index (Phi) is 6.43. The maximum Gasteiger partial charge on any atom is 0.159 e. The molecular formula is C24H19Cl2F2N3. The molecule has 0 aromatic heterocycles. The van der Waals surface area contributed by atoms with Crippen molar-refractivity contribution in [1.82, 2.24) is 4.90 Å². The lowest BCUT2D eigenvalue weighted by molar-refractivity contribution is 0.215. The van der Waals surface area contributed by atoms with E-state index in [4.69, 9.17) is 28.5 Å². The molecule has 3 nitrogen and oxygen atoms in total. The molecular weight excluding hydrogens is 439 g/mol. The number of rotatable bonds is 4. The van der Waals surface area contributed by atoms with E-state index in [1.807, 2.05) is 24.3 Å². The van der Waals surface area contributed by atoms with E-state index in [9.17, 15) is 8.78 Å². The Morgan fingerprint density at radius 1 is 0.935 bits per heavy atom.